The zero-order chi connectivity index (χ0) is 18.0. The molecular weight excluding hydrogens is 324 g/mol. The Morgan fingerprint density at radius 1 is 1.38 bits per heavy atom. The fraction of sp³-hybridized carbons (Fsp3) is 0.474. The molecule has 1 aliphatic heterocycles. The van der Waals surface area contributed by atoms with Crippen molar-refractivity contribution in [2.45, 2.75) is 27.2 Å². The van der Waals surface area contributed by atoms with Crippen LogP contribution in [0.2, 0.25) is 5.02 Å². The van der Waals surface area contributed by atoms with Crippen molar-refractivity contribution in [3.63, 3.8) is 0 Å². The maximum atomic E-state index is 13.0. The number of anilines is 1. The van der Waals surface area contributed by atoms with Gasteiger partial charge in [-0.25, -0.2) is 0 Å². The predicted octanol–water partition coefficient (Wildman–Crippen LogP) is 4.00. The average Bonchev–Trinajstić information content (AvgIpc) is 2.55. The van der Waals surface area contributed by atoms with Gasteiger partial charge in [-0.3, -0.25) is 9.59 Å². The summed E-state index contributed by atoms with van der Waals surface area (Å²) >= 11 is 6.07. The van der Waals surface area contributed by atoms with Crippen LogP contribution in [-0.4, -0.2) is 37.2 Å². The third kappa shape index (κ3) is 3.64. The highest BCUT2D eigenvalue weighted by Crippen LogP contribution is 2.33. The third-order valence-electron chi connectivity index (χ3n) is 4.68. The summed E-state index contributed by atoms with van der Waals surface area (Å²) in [5, 5.41) is 0.496. The molecule has 0 aromatic heterocycles. The molecule has 0 fully saturated rings. The molecule has 2 atom stereocenters. The molecule has 2 unspecified atom stereocenters. The van der Waals surface area contributed by atoms with E-state index >= 15 is 0 Å². The number of halogens is 1. The minimum absolute atomic E-state index is 0.0464. The first-order chi connectivity index (χ1) is 11.3. The Kier molecular flexibility index (Phi) is 5.70. The van der Waals surface area contributed by atoms with E-state index in [4.69, 9.17) is 11.6 Å². The maximum Gasteiger partial charge on any atom is 0.230 e. The lowest BCUT2D eigenvalue weighted by molar-refractivity contribution is -0.123. The van der Waals surface area contributed by atoms with Crippen LogP contribution in [0.5, 0.6) is 0 Å². The van der Waals surface area contributed by atoms with Crippen LogP contribution in [0.25, 0.3) is 0 Å². The van der Waals surface area contributed by atoms with Crippen LogP contribution in [0.3, 0.4) is 0 Å². The standard InChI is InChI=1S/C19H25ClN2O2/c1-6-12(2)13(3)19(24)22-11-14(10-21(4)5)18(23)16-9-15(20)7-8-17(16)22/h7-10,12-13H,6,11H2,1-5H3/b14-10-. The second-order valence-electron chi connectivity index (χ2n) is 6.71. The van der Waals surface area contributed by atoms with Gasteiger partial charge in [0.1, 0.15) is 0 Å². The second kappa shape index (κ2) is 7.39. The van der Waals surface area contributed by atoms with Gasteiger partial charge in [0, 0.05) is 42.4 Å². The van der Waals surface area contributed by atoms with E-state index in [1.165, 1.54) is 0 Å². The third-order valence-corrected chi connectivity index (χ3v) is 4.92. The van der Waals surface area contributed by atoms with Crippen molar-refractivity contribution in [2.75, 3.05) is 25.5 Å². The number of carbonyl (C=O) groups is 2. The van der Waals surface area contributed by atoms with Crippen molar-refractivity contribution in [1.29, 1.82) is 0 Å². The molecule has 130 valence electrons. The zero-order valence-electron chi connectivity index (χ0n) is 15.0. The molecule has 0 bridgehead atoms. The van der Waals surface area contributed by atoms with Gasteiger partial charge in [0.2, 0.25) is 5.91 Å². The van der Waals surface area contributed by atoms with Crippen molar-refractivity contribution in [2.24, 2.45) is 11.8 Å². The van der Waals surface area contributed by atoms with Crippen LogP contribution in [0.15, 0.2) is 30.0 Å². The number of rotatable bonds is 4. The highest BCUT2D eigenvalue weighted by atomic mass is 35.5. The van der Waals surface area contributed by atoms with Gasteiger partial charge < -0.3 is 9.80 Å². The van der Waals surface area contributed by atoms with Gasteiger partial charge in [-0.05, 0) is 24.1 Å². The lowest BCUT2D eigenvalue weighted by Gasteiger charge is -2.34. The van der Waals surface area contributed by atoms with Crippen molar-refractivity contribution in [1.82, 2.24) is 4.90 Å². The van der Waals surface area contributed by atoms with E-state index in [2.05, 4.69) is 13.8 Å². The molecule has 1 heterocycles. The number of benzene rings is 1. The van der Waals surface area contributed by atoms with E-state index in [9.17, 15) is 9.59 Å². The van der Waals surface area contributed by atoms with Gasteiger partial charge in [-0.15, -0.1) is 0 Å². The monoisotopic (exact) mass is 348 g/mol. The van der Waals surface area contributed by atoms with Crippen LogP contribution >= 0.6 is 11.6 Å². The molecule has 0 N–H and O–H groups in total. The molecule has 1 aromatic carbocycles. The van der Waals surface area contributed by atoms with E-state index in [0.29, 0.717) is 28.4 Å². The number of fused-ring (bicyclic) bond motifs is 1. The molecule has 0 aliphatic carbocycles. The van der Waals surface area contributed by atoms with Crippen molar-refractivity contribution in [3.05, 3.63) is 40.6 Å². The summed E-state index contributed by atoms with van der Waals surface area (Å²) in [7, 11) is 3.73. The summed E-state index contributed by atoms with van der Waals surface area (Å²) in [5.74, 6) is 0.158. The van der Waals surface area contributed by atoms with Gasteiger partial charge in [0.25, 0.3) is 0 Å². The predicted molar refractivity (Wildman–Crippen MR) is 98.5 cm³/mol. The molecule has 24 heavy (non-hydrogen) atoms. The molecular formula is C19H25ClN2O2. The summed E-state index contributed by atoms with van der Waals surface area (Å²) in [6.07, 6.45) is 2.72. The first-order valence-corrected chi connectivity index (χ1v) is 8.66. The van der Waals surface area contributed by atoms with Gasteiger partial charge in [0.15, 0.2) is 5.78 Å². The molecule has 4 nitrogen and oxygen atoms in total. The van der Waals surface area contributed by atoms with E-state index in [0.717, 1.165) is 6.42 Å². The summed E-state index contributed by atoms with van der Waals surface area (Å²) in [5.41, 5.74) is 1.74. The summed E-state index contributed by atoms with van der Waals surface area (Å²) in [4.78, 5) is 29.3. The fourth-order valence-corrected chi connectivity index (χ4v) is 3.05. The van der Waals surface area contributed by atoms with Crippen molar-refractivity contribution >= 4 is 29.0 Å². The van der Waals surface area contributed by atoms with Gasteiger partial charge >= 0.3 is 0 Å². The largest absolute Gasteiger partial charge is 0.383 e. The minimum Gasteiger partial charge on any atom is -0.383 e. The molecule has 5 heteroatoms. The second-order valence-corrected chi connectivity index (χ2v) is 7.14. The van der Waals surface area contributed by atoms with Crippen LogP contribution in [-0.2, 0) is 4.79 Å². The molecule has 1 aromatic rings. The Morgan fingerprint density at radius 3 is 2.62 bits per heavy atom. The van der Waals surface area contributed by atoms with Crippen LogP contribution in [0.4, 0.5) is 5.69 Å². The number of nitrogens with zero attached hydrogens (tertiary/aromatic N) is 2. The lowest BCUT2D eigenvalue weighted by Crippen LogP contribution is -2.43. The molecule has 0 saturated heterocycles. The van der Waals surface area contributed by atoms with Gasteiger partial charge in [-0.1, -0.05) is 38.8 Å². The summed E-state index contributed by atoms with van der Waals surface area (Å²) < 4.78 is 0. The molecule has 0 radical (unpaired) electrons. The molecule has 1 aliphatic rings. The Labute approximate surface area is 149 Å². The quantitative estimate of drug-likeness (QED) is 0.772. The van der Waals surface area contributed by atoms with E-state index < -0.39 is 0 Å². The summed E-state index contributed by atoms with van der Waals surface area (Å²) in [6, 6.07) is 5.14. The Balaban J connectivity index is 2.50. The first-order valence-electron chi connectivity index (χ1n) is 8.29. The SMILES string of the molecule is CCC(C)C(C)C(=O)N1C/C(=C/N(C)C)C(=O)c2cc(Cl)ccc21. The van der Waals surface area contributed by atoms with Crippen LogP contribution in [0.1, 0.15) is 37.6 Å². The van der Waals surface area contributed by atoms with Crippen molar-refractivity contribution in [3.8, 4) is 0 Å². The lowest BCUT2D eigenvalue weighted by atomic mass is 9.90. The molecule has 2 rings (SSSR count). The summed E-state index contributed by atoms with van der Waals surface area (Å²) in [6.45, 7) is 6.42. The van der Waals surface area contributed by atoms with E-state index in [-0.39, 0.29) is 23.5 Å². The number of Topliss-reactive ketones (excluding diaryl/α,β-unsaturated/α-hetero) is 1. The number of hydrogen-bond donors (Lipinski definition) is 0. The van der Waals surface area contributed by atoms with Gasteiger partial charge in [0.05, 0.1) is 12.2 Å². The smallest absolute Gasteiger partial charge is 0.230 e. The zero-order valence-corrected chi connectivity index (χ0v) is 15.7. The highest BCUT2D eigenvalue weighted by Gasteiger charge is 2.34. The highest BCUT2D eigenvalue weighted by molar-refractivity contribution is 6.31. The van der Waals surface area contributed by atoms with Gasteiger partial charge in [-0.2, -0.15) is 0 Å². The normalized spacial score (nSPS) is 18.3. The minimum atomic E-state index is -0.104. The Morgan fingerprint density at radius 2 is 2.04 bits per heavy atom. The molecule has 0 spiro atoms. The van der Waals surface area contributed by atoms with E-state index in [1.54, 1.807) is 29.3 Å². The molecule has 0 saturated carbocycles. The number of hydrogen-bond acceptors (Lipinski definition) is 3. The Hall–Kier alpha value is -1.81. The van der Waals surface area contributed by atoms with Crippen LogP contribution in [0, 0.1) is 11.8 Å². The van der Waals surface area contributed by atoms with Crippen molar-refractivity contribution < 1.29 is 9.59 Å². The average molecular weight is 349 g/mol. The molecule has 1 amide bonds. The Bertz CT molecular complexity index is 682. The van der Waals surface area contributed by atoms with E-state index in [1.807, 2.05) is 25.9 Å². The number of ketones is 1. The first kappa shape index (κ1) is 18.5. The number of carbonyl (C=O) groups excluding carboxylic acids is 2. The fourth-order valence-electron chi connectivity index (χ4n) is 2.88. The maximum absolute atomic E-state index is 13.0. The topological polar surface area (TPSA) is 40.6 Å². The number of amides is 1. The van der Waals surface area contributed by atoms with Crippen LogP contribution < -0.4 is 4.90 Å².